The monoisotopic (exact) mass is 147 g/mol. The third-order valence-corrected chi connectivity index (χ3v) is 1.23. The van der Waals surface area contributed by atoms with Gasteiger partial charge in [-0.15, -0.1) is 10.2 Å². The van der Waals surface area contributed by atoms with Gasteiger partial charge in [-0.05, 0) is 0 Å². The molecule has 0 unspecified atom stereocenters. The summed E-state index contributed by atoms with van der Waals surface area (Å²) in [4.78, 5) is 7.94. The topological polar surface area (TPSA) is 56.5 Å². The maximum atomic E-state index is 4.04. The van der Waals surface area contributed by atoms with Crippen molar-refractivity contribution >= 4 is 0 Å². The standard InChI is InChI=1S/C6H5N5/c1-2-8-6(3-7-1)11-4-9-10-5-11/h1-5H. The van der Waals surface area contributed by atoms with Crippen molar-refractivity contribution in [3.05, 3.63) is 31.2 Å². The van der Waals surface area contributed by atoms with E-state index in [2.05, 4.69) is 20.2 Å². The van der Waals surface area contributed by atoms with Gasteiger partial charge in [0.05, 0.1) is 6.20 Å². The fourth-order valence-corrected chi connectivity index (χ4v) is 0.744. The number of rotatable bonds is 1. The molecule has 0 saturated heterocycles. The van der Waals surface area contributed by atoms with Crippen molar-refractivity contribution in [2.24, 2.45) is 0 Å². The van der Waals surface area contributed by atoms with E-state index in [1.54, 1.807) is 35.8 Å². The van der Waals surface area contributed by atoms with Crippen LogP contribution in [0.1, 0.15) is 0 Å². The molecule has 0 radical (unpaired) electrons. The van der Waals surface area contributed by atoms with Gasteiger partial charge in [0.1, 0.15) is 12.7 Å². The molecule has 2 rings (SSSR count). The van der Waals surface area contributed by atoms with Crippen LogP contribution in [0.25, 0.3) is 5.82 Å². The third kappa shape index (κ3) is 1.07. The van der Waals surface area contributed by atoms with Crippen LogP contribution in [0.4, 0.5) is 0 Å². The summed E-state index contributed by atoms with van der Waals surface area (Å²) in [6.07, 6.45) is 8.03. The lowest BCUT2D eigenvalue weighted by atomic mass is 10.6. The molecule has 0 aliphatic heterocycles. The summed E-state index contributed by atoms with van der Waals surface area (Å²) in [6, 6.07) is 0. The average molecular weight is 147 g/mol. The predicted octanol–water partition coefficient (Wildman–Crippen LogP) is 0.0573. The molecule has 11 heavy (non-hydrogen) atoms. The Balaban J connectivity index is 2.46. The molecule has 0 aromatic carbocycles. The first-order valence-electron chi connectivity index (χ1n) is 3.08. The van der Waals surface area contributed by atoms with Gasteiger partial charge in [-0.3, -0.25) is 9.55 Å². The maximum absolute atomic E-state index is 4.04. The lowest BCUT2D eigenvalue weighted by Crippen LogP contribution is -1.93. The first-order valence-corrected chi connectivity index (χ1v) is 3.08. The van der Waals surface area contributed by atoms with Crippen LogP contribution >= 0.6 is 0 Å². The van der Waals surface area contributed by atoms with Crippen LogP contribution in [0.2, 0.25) is 0 Å². The Kier molecular flexibility index (Phi) is 1.33. The molecule has 0 spiro atoms. The second kappa shape index (κ2) is 2.45. The zero-order valence-electron chi connectivity index (χ0n) is 5.62. The van der Waals surface area contributed by atoms with Crippen molar-refractivity contribution in [1.82, 2.24) is 24.7 Å². The smallest absolute Gasteiger partial charge is 0.157 e. The van der Waals surface area contributed by atoms with Crippen molar-refractivity contribution in [2.75, 3.05) is 0 Å². The van der Waals surface area contributed by atoms with Gasteiger partial charge in [-0.25, -0.2) is 4.98 Å². The SMILES string of the molecule is c1cnc(-n2cnnc2)cn1. The van der Waals surface area contributed by atoms with Crippen LogP contribution < -0.4 is 0 Å². The van der Waals surface area contributed by atoms with E-state index in [0.717, 1.165) is 5.82 Å². The molecular formula is C6H5N5. The minimum Gasteiger partial charge on any atom is -0.271 e. The lowest BCUT2D eigenvalue weighted by Gasteiger charge is -1.94. The van der Waals surface area contributed by atoms with Crippen molar-refractivity contribution in [2.45, 2.75) is 0 Å². The van der Waals surface area contributed by atoms with E-state index < -0.39 is 0 Å². The number of nitrogens with zero attached hydrogens (tertiary/aromatic N) is 5. The third-order valence-electron chi connectivity index (χ3n) is 1.23. The molecule has 0 amide bonds. The molecule has 2 aromatic heterocycles. The maximum Gasteiger partial charge on any atom is 0.157 e. The summed E-state index contributed by atoms with van der Waals surface area (Å²) in [5, 5.41) is 7.29. The highest BCUT2D eigenvalue weighted by Gasteiger charge is 1.93. The molecule has 0 aliphatic carbocycles. The predicted molar refractivity (Wildman–Crippen MR) is 36.9 cm³/mol. The zero-order valence-corrected chi connectivity index (χ0v) is 5.62. The molecule has 0 bridgehead atoms. The van der Waals surface area contributed by atoms with Crippen LogP contribution in [0.15, 0.2) is 31.2 Å². The van der Waals surface area contributed by atoms with Crippen LogP contribution in [0.5, 0.6) is 0 Å². The van der Waals surface area contributed by atoms with Crippen LogP contribution in [-0.4, -0.2) is 24.7 Å². The zero-order chi connectivity index (χ0) is 7.52. The molecule has 54 valence electrons. The van der Waals surface area contributed by atoms with Crippen molar-refractivity contribution in [3.8, 4) is 5.82 Å². The van der Waals surface area contributed by atoms with Crippen molar-refractivity contribution < 1.29 is 0 Å². The summed E-state index contributed by atoms with van der Waals surface area (Å²) < 4.78 is 1.69. The van der Waals surface area contributed by atoms with Crippen molar-refractivity contribution in [1.29, 1.82) is 0 Å². The molecular weight excluding hydrogens is 142 g/mol. The molecule has 0 fully saturated rings. The summed E-state index contributed by atoms with van der Waals surface area (Å²) in [7, 11) is 0. The van der Waals surface area contributed by atoms with Gasteiger partial charge < -0.3 is 0 Å². The molecule has 5 heteroatoms. The quantitative estimate of drug-likeness (QED) is 0.572. The highest BCUT2D eigenvalue weighted by molar-refractivity contribution is 5.14. The van der Waals surface area contributed by atoms with E-state index in [1.165, 1.54) is 0 Å². The molecule has 0 atom stereocenters. The average Bonchev–Trinajstić information content (AvgIpc) is 2.58. The van der Waals surface area contributed by atoms with E-state index in [1.807, 2.05) is 0 Å². The van der Waals surface area contributed by atoms with E-state index in [-0.39, 0.29) is 0 Å². The van der Waals surface area contributed by atoms with Crippen LogP contribution in [0, 0.1) is 0 Å². The van der Waals surface area contributed by atoms with Gasteiger partial charge in [-0.2, -0.15) is 0 Å². The minimum absolute atomic E-state index is 0.720. The molecule has 0 N–H and O–H groups in total. The van der Waals surface area contributed by atoms with E-state index >= 15 is 0 Å². The Morgan fingerprint density at radius 1 is 1.09 bits per heavy atom. The number of hydrogen-bond donors (Lipinski definition) is 0. The largest absolute Gasteiger partial charge is 0.271 e. The van der Waals surface area contributed by atoms with Crippen LogP contribution in [0.3, 0.4) is 0 Å². The fourth-order valence-electron chi connectivity index (χ4n) is 0.744. The Morgan fingerprint density at radius 3 is 2.55 bits per heavy atom. The second-order valence-electron chi connectivity index (χ2n) is 1.93. The van der Waals surface area contributed by atoms with Gasteiger partial charge in [0, 0.05) is 12.4 Å². The Bertz CT molecular complexity index is 314. The van der Waals surface area contributed by atoms with Gasteiger partial charge in [0.2, 0.25) is 0 Å². The van der Waals surface area contributed by atoms with Crippen LogP contribution in [-0.2, 0) is 0 Å². The lowest BCUT2D eigenvalue weighted by molar-refractivity contribution is 0.968. The number of aromatic nitrogens is 5. The molecule has 0 aliphatic rings. The Labute approximate surface area is 62.8 Å². The van der Waals surface area contributed by atoms with Gasteiger partial charge in [0.25, 0.3) is 0 Å². The normalized spacial score (nSPS) is 9.82. The molecule has 5 nitrogen and oxygen atoms in total. The Hall–Kier alpha value is -1.78. The summed E-state index contributed by atoms with van der Waals surface area (Å²) in [6.45, 7) is 0. The highest BCUT2D eigenvalue weighted by atomic mass is 15.3. The van der Waals surface area contributed by atoms with E-state index in [9.17, 15) is 0 Å². The van der Waals surface area contributed by atoms with Gasteiger partial charge in [0.15, 0.2) is 5.82 Å². The number of hydrogen-bond acceptors (Lipinski definition) is 4. The fraction of sp³-hybridized carbons (Fsp3) is 0. The van der Waals surface area contributed by atoms with Gasteiger partial charge in [-0.1, -0.05) is 0 Å². The highest BCUT2D eigenvalue weighted by Crippen LogP contribution is 1.96. The molecule has 2 aromatic rings. The van der Waals surface area contributed by atoms with E-state index in [0.29, 0.717) is 0 Å². The van der Waals surface area contributed by atoms with E-state index in [4.69, 9.17) is 0 Å². The molecule has 0 saturated carbocycles. The van der Waals surface area contributed by atoms with Gasteiger partial charge >= 0.3 is 0 Å². The van der Waals surface area contributed by atoms with Crippen molar-refractivity contribution in [3.63, 3.8) is 0 Å². The second-order valence-corrected chi connectivity index (χ2v) is 1.93. The summed E-state index contributed by atoms with van der Waals surface area (Å²) in [5.41, 5.74) is 0. The summed E-state index contributed by atoms with van der Waals surface area (Å²) >= 11 is 0. The first kappa shape index (κ1) is 5.96. The summed E-state index contributed by atoms with van der Waals surface area (Å²) in [5.74, 6) is 0.720. The minimum atomic E-state index is 0.720. The first-order chi connectivity index (χ1) is 5.47. The molecule has 2 heterocycles. The Morgan fingerprint density at radius 2 is 1.91 bits per heavy atom.